The molecule has 0 radical (unpaired) electrons. The lowest BCUT2D eigenvalue weighted by atomic mass is 9.96. The van der Waals surface area contributed by atoms with Crippen molar-refractivity contribution in [2.75, 3.05) is 0 Å². The molecule has 0 aliphatic carbocycles. The van der Waals surface area contributed by atoms with Crippen LogP contribution >= 0.6 is 0 Å². The minimum absolute atomic E-state index is 0.670. The summed E-state index contributed by atoms with van der Waals surface area (Å²) >= 11 is 0. The van der Waals surface area contributed by atoms with Crippen molar-refractivity contribution in [2.45, 2.75) is 0 Å². The van der Waals surface area contributed by atoms with Gasteiger partial charge in [-0.2, -0.15) is 0 Å². The van der Waals surface area contributed by atoms with Crippen molar-refractivity contribution in [2.24, 2.45) is 0 Å². The Labute approximate surface area is 862 Å². The van der Waals surface area contributed by atoms with Crippen molar-refractivity contribution in [3.8, 4) is 152 Å². The molecule has 12 heteroatoms. The largest absolute Gasteiger partial charge is 0.452 e. The average molecular weight is 1920 g/mol. The van der Waals surface area contributed by atoms with Crippen LogP contribution in [-0.2, 0) is 0 Å². The van der Waals surface area contributed by atoms with E-state index in [1.165, 1.54) is 93.2 Å². The van der Waals surface area contributed by atoms with Gasteiger partial charge in [0.15, 0.2) is 34.2 Å². The second-order valence-electron chi connectivity index (χ2n) is 37.9. The van der Waals surface area contributed by atoms with Gasteiger partial charge in [0.25, 0.3) is 0 Å². The first-order chi connectivity index (χ1) is 74.3. The quantitative estimate of drug-likeness (QED) is 0.0984. The Morgan fingerprint density at radius 2 is 0.360 bits per heavy atom. The van der Waals surface area contributed by atoms with E-state index in [-0.39, 0.29) is 0 Å². The molecule has 21 aromatic carbocycles. The zero-order chi connectivity index (χ0) is 99.1. The number of nitrogens with zero attached hydrogens (tertiary/aromatic N) is 9. The highest BCUT2D eigenvalue weighted by molar-refractivity contribution is 6.16. The molecule has 702 valence electrons. The van der Waals surface area contributed by atoms with E-state index in [1.807, 2.05) is 133 Å². The summed E-state index contributed by atoms with van der Waals surface area (Å²) in [6.07, 6.45) is 0. The first-order valence-electron chi connectivity index (χ1n) is 50.5. The smallest absolute Gasteiger partial charge is 0.180 e. The molecule has 0 aliphatic heterocycles. The van der Waals surface area contributed by atoms with Crippen LogP contribution in [0.1, 0.15) is 0 Å². The minimum Gasteiger partial charge on any atom is -0.452 e. The summed E-state index contributed by atoms with van der Waals surface area (Å²) in [6.45, 7) is 0. The second kappa shape index (κ2) is 37.1. The Hall–Kier alpha value is -20.3. The zero-order valence-electron chi connectivity index (χ0n) is 81.0. The fraction of sp³-hybridized carbons (Fsp3) is 0. The number of para-hydroxylation sites is 8. The lowest BCUT2D eigenvalue weighted by Gasteiger charge is -2.11. The summed E-state index contributed by atoms with van der Waals surface area (Å²) in [7, 11) is 0. The highest BCUT2D eigenvalue weighted by Crippen LogP contribution is 2.46. The summed E-state index contributed by atoms with van der Waals surface area (Å²) in [4.78, 5) is 30.4. The first-order valence-corrected chi connectivity index (χ1v) is 50.5. The van der Waals surface area contributed by atoms with Gasteiger partial charge >= 0.3 is 0 Å². The van der Waals surface area contributed by atoms with Crippen molar-refractivity contribution >= 4 is 132 Å². The number of hydrogen-bond acceptors (Lipinski definition) is 9. The molecule has 0 bridgehead atoms. The maximum Gasteiger partial charge on any atom is 0.180 e. The molecule has 30 aromatic rings. The van der Waals surface area contributed by atoms with E-state index in [9.17, 15) is 0 Å². The molecule has 0 fully saturated rings. The van der Waals surface area contributed by atoms with E-state index in [4.69, 9.17) is 43.2 Å². The van der Waals surface area contributed by atoms with E-state index in [0.29, 0.717) is 34.2 Å². The topological polar surface area (TPSA) is 132 Å². The van der Waals surface area contributed by atoms with Gasteiger partial charge in [-0.3, -0.25) is 0 Å². The highest BCUT2D eigenvalue weighted by Gasteiger charge is 2.26. The lowest BCUT2D eigenvalue weighted by molar-refractivity contribution is 0.667. The fourth-order valence-electron chi connectivity index (χ4n) is 21.7. The van der Waals surface area contributed by atoms with Crippen LogP contribution < -0.4 is 0 Å². The van der Waals surface area contributed by atoms with Gasteiger partial charge in [-0.05, 0) is 224 Å². The van der Waals surface area contributed by atoms with Gasteiger partial charge in [-0.25, -0.2) is 29.9 Å². The van der Waals surface area contributed by atoms with Gasteiger partial charge in [0.2, 0.25) is 0 Å². The highest BCUT2D eigenvalue weighted by atomic mass is 16.3. The molecule has 0 saturated heterocycles. The molecule has 0 atom stereocenters. The number of hydrogen-bond donors (Lipinski definition) is 0. The molecule has 0 unspecified atom stereocenters. The lowest BCUT2D eigenvalue weighted by Crippen LogP contribution is -1.95. The maximum atomic E-state index is 6.45. The number of benzene rings is 21. The molecule has 9 heterocycles. The van der Waals surface area contributed by atoms with E-state index in [2.05, 4.69) is 408 Å². The summed E-state index contributed by atoms with van der Waals surface area (Å²) in [5.41, 5.74) is 39.5. The molecule has 150 heavy (non-hydrogen) atoms. The fourth-order valence-corrected chi connectivity index (χ4v) is 21.7. The molecule has 12 nitrogen and oxygen atoms in total. The third-order valence-electron chi connectivity index (χ3n) is 28.8. The first kappa shape index (κ1) is 87.5. The number of aromatic nitrogens is 9. The summed E-state index contributed by atoms with van der Waals surface area (Å²) in [5.74, 6) is 2.02. The Balaban J connectivity index is 0.000000109. The molecule has 0 amide bonds. The van der Waals surface area contributed by atoms with Crippen LogP contribution in [0.3, 0.4) is 0 Å². The van der Waals surface area contributed by atoms with E-state index < -0.39 is 0 Å². The van der Waals surface area contributed by atoms with E-state index in [0.717, 1.165) is 156 Å². The van der Waals surface area contributed by atoms with Crippen molar-refractivity contribution in [3.05, 3.63) is 528 Å². The van der Waals surface area contributed by atoms with Crippen molar-refractivity contribution in [1.82, 2.24) is 43.6 Å². The second-order valence-corrected chi connectivity index (χ2v) is 37.9. The van der Waals surface area contributed by atoms with Crippen LogP contribution in [0.2, 0.25) is 0 Å². The van der Waals surface area contributed by atoms with E-state index in [1.54, 1.807) is 0 Å². The number of furan rings is 3. The molecule has 0 spiro atoms. The Bertz CT molecular complexity index is 10400. The number of rotatable bonds is 15. The molecule has 0 aliphatic rings. The molecular weight excluding hydrogens is 1830 g/mol. The SMILES string of the molecule is c1ccc(-c2ccc3c(c2)c2cc(-c4cccc(-c5cccc(-c6nc(-c7ccccc7)nc7c6oc6ccccc67)c5)c4)ccc2n3-c2ccccc2)cc1.c1ccc(-c2nc(-c3cccc(-c4cccc(-c5ccc6c(c5)c5ccccc5n6-c5ccccc5)c4)c3)c3oc4ccccc4c3n2)cc1.c1ccc(-c2nc(-c3cccc(-c4cccc(-n5c6ccccc6c6ccccc65)c4)c3)nc3c2oc2ccccc23)cc1. The Morgan fingerprint density at radius 1 is 0.133 bits per heavy atom. The molecule has 0 saturated carbocycles. The standard InChI is InChI=1S/C52H33N3O.C46H29N3O.C40H25N3O/c1-4-14-34(15-5-1)39-26-28-46-44(32-39)45-33-40(27-29-47(45)55(46)42-22-8-3-9-23-42)37-19-12-18-36(30-37)38-20-13-21-41(31-38)49-51-50(43-24-10-11-25-48(43)56-51)54-52(53-49)35-16-6-2-7-17-35;1-3-13-30(14-4-1)46-47-43(45-44(48-46)38-22-8-10-24-42(38)50-45)35-18-12-17-33(28-35)31-15-11-16-32(27-31)34-25-26-41-39(29-34)37-21-7-9-23-40(37)49(41)36-19-5-2-6-20-36;1-2-12-26(13-3-1)37-39-38(33-20-6-9-23-36(33)44-39)42-40(41-37)29-16-10-14-27(24-29)28-15-11-17-30(25-28)43-34-21-7-4-18-31(34)32-19-5-8-22-35(32)43/h1-33H;1-29H;1-25H. The Kier molecular flexibility index (Phi) is 21.6. The number of fused-ring (bicyclic) bond motifs is 18. The molecular formula is C138H87N9O3. The normalized spacial score (nSPS) is 11.6. The van der Waals surface area contributed by atoms with Gasteiger partial charge < -0.3 is 27.0 Å². The van der Waals surface area contributed by atoms with Gasteiger partial charge in [-0.1, -0.05) is 370 Å². The summed E-state index contributed by atoms with van der Waals surface area (Å²) in [5, 5.41) is 10.4. The minimum atomic E-state index is 0.670. The van der Waals surface area contributed by atoms with Crippen LogP contribution in [0.25, 0.3) is 283 Å². The maximum absolute atomic E-state index is 6.45. The average Bonchev–Trinajstić information content (AvgIpc) is 1.59. The van der Waals surface area contributed by atoms with Gasteiger partial charge in [-0.15, -0.1) is 0 Å². The van der Waals surface area contributed by atoms with Crippen LogP contribution in [0.15, 0.2) is 541 Å². The predicted molar refractivity (Wildman–Crippen MR) is 616 cm³/mol. The van der Waals surface area contributed by atoms with Crippen LogP contribution in [0, 0.1) is 0 Å². The zero-order valence-corrected chi connectivity index (χ0v) is 81.0. The van der Waals surface area contributed by atoms with Crippen LogP contribution in [0.5, 0.6) is 0 Å². The van der Waals surface area contributed by atoms with Gasteiger partial charge in [0.05, 0.1) is 33.1 Å². The van der Waals surface area contributed by atoms with E-state index >= 15 is 0 Å². The van der Waals surface area contributed by atoms with Crippen molar-refractivity contribution in [1.29, 1.82) is 0 Å². The van der Waals surface area contributed by atoms with Crippen LogP contribution in [0.4, 0.5) is 0 Å². The van der Waals surface area contributed by atoms with Gasteiger partial charge in [0.1, 0.15) is 50.4 Å². The third-order valence-corrected chi connectivity index (χ3v) is 28.8. The summed E-state index contributed by atoms with van der Waals surface area (Å²) < 4.78 is 26.3. The Morgan fingerprint density at radius 3 is 0.740 bits per heavy atom. The van der Waals surface area contributed by atoms with Crippen molar-refractivity contribution in [3.63, 3.8) is 0 Å². The monoisotopic (exact) mass is 1920 g/mol. The molecule has 30 rings (SSSR count). The molecule has 0 N–H and O–H groups in total. The van der Waals surface area contributed by atoms with Crippen LogP contribution in [-0.4, -0.2) is 43.6 Å². The summed E-state index contributed by atoms with van der Waals surface area (Å²) in [6, 6.07) is 185. The van der Waals surface area contributed by atoms with Crippen molar-refractivity contribution < 1.29 is 13.3 Å². The predicted octanol–water partition coefficient (Wildman–Crippen LogP) is 36.4. The third kappa shape index (κ3) is 15.7. The molecule has 9 aromatic heterocycles. The van der Waals surface area contributed by atoms with Gasteiger partial charge in [0, 0.05) is 98.9 Å².